The van der Waals surface area contributed by atoms with Crippen molar-refractivity contribution in [2.45, 2.75) is 19.4 Å². The number of hydrogen-bond donors (Lipinski definition) is 1. The van der Waals surface area contributed by atoms with Gasteiger partial charge in [-0.2, -0.15) is 0 Å². The molecule has 0 aliphatic carbocycles. The fourth-order valence-electron chi connectivity index (χ4n) is 2.25. The Morgan fingerprint density at radius 3 is 2.83 bits per heavy atom. The van der Waals surface area contributed by atoms with Gasteiger partial charge in [-0.15, -0.1) is 0 Å². The van der Waals surface area contributed by atoms with Gasteiger partial charge in [0.2, 0.25) is 0 Å². The molecule has 1 saturated heterocycles. The molecule has 98 valence electrons. The van der Waals surface area contributed by atoms with Crippen LogP contribution in [0.3, 0.4) is 0 Å². The first-order valence-electron chi connectivity index (χ1n) is 5.93. The average molecular weight is 253 g/mol. The van der Waals surface area contributed by atoms with Crippen LogP contribution in [0.5, 0.6) is 0 Å². The van der Waals surface area contributed by atoms with Crippen LogP contribution in [0.4, 0.5) is 15.8 Å². The lowest BCUT2D eigenvalue weighted by molar-refractivity contribution is -0.385. The van der Waals surface area contributed by atoms with E-state index in [1.54, 1.807) is 0 Å². The minimum absolute atomic E-state index is 0.143. The van der Waals surface area contributed by atoms with Crippen molar-refractivity contribution in [3.8, 4) is 0 Å². The molecule has 2 unspecified atom stereocenters. The second-order valence-electron chi connectivity index (χ2n) is 4.80. The zero-order chi connectivity index (χ0) is 13.3. The highest BCUT2D eigenvalue weighted by molar-refractivity contribution is 5.54. The zero-order valence-corrected chi connectivity index (χ0v) is 10.2. The Labute approximate surface area is 105 Å². The van der Waals surface area contributed by atoms with E-state index in [9.17, 15) is 14.5 Å². The molecule has 0 radical (unpaired) electrons. The predicted octanol–water partition coefficient (Wildman–Crippen LogP) is 1.91. The fraction of sp³-hybridized carbons (Fsp3) is 0.500. The number of rotatable bonds is 2. The number of piperidine rings is 1. The van der Waals surface area contributed by atoms with Crippen LogP contribution in [-0.2, 0) is 0 Å². The highest BCUT2D eigenvalue weighted by atomic mass is 19.1. The van der Waals surface area contributed by atoms with Crippen molar-refractivity contribution in [2.24, 2.45) is 11.7 Å². The third kappa shape index (κ3) is 2.59. The van der Waals surface area contributed by atoms with Gasteiger partial charge in [-0.1, -0.05) is 6.92 Å². The smallest absolute Gasteiger partial charge is 0.274 e. The van der Waals surface area contributed by atoms with Crippen LogP contribution in [0.15, 0.2) is 18.2 Å². The molecule has 1 aliphatic heterocycles. The summed E-state index contributed by atoms with van der Waals surface area (Å²) >= 11 is 0. The van der Waals surface area contributed by atoms with Gasteiger partial charge in [-0.3, -0.25) is 10.1 Å². The molecule has 0 bridgehead atoms. The van der Waals surface area contributed by atoms with Gasteiger partial charge in [0.15, 0.2) is 0 Å². The van der Waals surface area contributed by atoms with Crippen LogP contribution >= 0.6 is 0 Å². The fourth-order valence-corrected chi connectivity index (χ4v) is 2.25. The number of nitro groups is 1. The molecule has 18 heavy (non-hydrogen) atoms. The Morgan fingerprint density at radius 2 is 2.22 bits per heavy atom. The van der Waals surface area contributed by atoms with Crippen molar-refractivity contribution < 1.29 is 9.31 Å². The molecule has 0 aromatic heterocycles. The van der Waals surface area contributed by atoms with Gasteiger partial charge >= 0.3 is 0 Å². The number of benzene rings is 1. The number of anilines is 1. The third-order valence-electron chi connectivity index (χ3n) is 3.41. The van der Waals surface area contributed by atoms with Crippen molar-refractivity contribution in [3.63, 3.8) is 0 Å². The van der Waals surface area contributed by atoms with Crippen LogP contribution in [0.1, 0.15) is 13.3 Å². The van der Waals surface area contributed by atoms with E-state index in [0.29, 0.717) is 24.7 Å². The van der Waals surface area contributed by atoms with E-state index < -0.39 is 10.7 Å². The highest BCUT2D eigenvalue weighted by Gasteiger charge is 2.24. The molecule has 6 heteroatoms. The quantitative estimate of drug-likeness (QED) is 0.645. The molecule has 1 heterocycles. The molecule has 0 spiro atoms. The summed E-state index contributed by atoms with van der Waals surface area (Å²) in [6.07, 6.45) is 0.811. The zero-order valence-electron chi connectivity index (χ0n) is 10.2. The number of nitrogens with two attached hydrogens (primary N) is 1. The molecular formula is C12H16FN3O2. The minimum atomic E-state index is -0.582. The van der Waals surface area contributed by atoms with Crippen molar-refractivity contribution in [3.05, 3.63) is 34.1 Å². The molecule has 5 nitrogen and oxygen atoms in total. The van der Waals surface area contributed by atoms with Gasteiger partial charge in [0, 0.05) is 30.9 Å². The van der Waals surface area contributed by atoms with E-state index in [-0.39, 0.29) is 11.7 Å². The van der Waals surface area contributed by atoms with E-state index in [0.717, 1.165) is 12.5 Å². The second kappa shape index (κ2) is 4.89. The Morgan fingerprint density at radius 1 is 1.50 bits per heavy atom. The lowest BCUT2D eigenvalue weighted by Crippen LogP contribution is -2.46. The summed E-state index contributed by atoms with van der Waals surface area (Å²) in [6, 6.07) is 3.82. The lowest BCUT2D eigenvalue weighted by Gasteiger charge is -2.36. The summed E-state index contributed by atoms with van der Waals surface area (Å²) in [6.45, 7) is 3.43. The summed E-state index contributed by atoms with van der Waals surface area (Å²) < 4.78 is 13.4. The minimum Gasteiger partial charge on any atom is -0.371 e. The maximum absolute atomic E-state index is 13.4. The van der Waals surface area contributed by atoms with E-state index in [1.807, 2.05) is 11.8 Å². The van der Waals surface area contributed by atoms with Crippen molar-refractivity contribution >= 4 is 11.4 Å². The Kier molecular flexibility index (Phi) is 3.47. The van der Waals surface area contributed by atoms with E-state index in [2.05, 4.69) is 0 Å². The van der Waals surface area contributed by atoms with Gasteiger partial charge in [0.1, 0.15) is 5.82 Å². The molecule has 0 saturated carbocycles. The van der Waals surface area contributed by atoms with Crippen LogP contribution in [0.25, 0.3) is 0 Å². The van der Waals surface area contributed by atoms with Gasteiger partial charge in [-0.25, -0.2) is 4.39 Å². The molecule has 0 amide bonds. The Balaban J connectivity index is 2.25. The second-order valence-corrected chi connectivity index (χ2v) is 4.80. The summed E-state index contributed by atoms with van der Waals surface area (Å²) in [4.78, 5) is 12.1. The van der Waals surface area contributed by atoms with Crippen LogP contribution in [0.2, 0.25) is 0 Å². The predicted molar refractivity (Wildman–Crippen MR) is 67.0 cm³/mol. The largest absolute Gasteiger partial charge is 0.371 e. The molecule has 2 atom stereocenters. The first kappa shape index (κ1) is 12.8. The maximum atomic E-state index is 13.4. The van der Waals surface area contributed by atoms with Gasteiger partial charge in [-0.05, 0) is 18.4 Å². The Hall–Kier alpha value is -1.69. The number of halogens is 1. The van der Waals surface area contributed by atoms with Crippen molar-refractivity contribution in [1.29, 1.82) is 0 Å². The van der Waals surface area contributed by atoms with Gasteiger partial charge < -0.3 is 10.6 Å². The summed E-state index contributed by atoms with van der Waals surface area (Å²) in [7, 11) is 0. The SMILES string of the molecule is CC1CN(c2cc(F)cc([N+](=O)[O-])c2)CCC1N. The normalized spacial score (nSPS) is 24.1. The third-order valence-corrected chi connectivity index (χ3v) is 3.41. The summed E-state index contributed by atoms with van der Waals surface area (Å²) in [5.41, 5.74) is 6.26. The van der Waals surface area contributed by atoms with E-state index in [1.165, 1.54) is 12.1 Å². The molecule has 1 aromatic carbocycles. The highest BCUT2D eigenvalue weighted by Crippen LogP contribution is 2.27. The van der Waals surface area contributed by atoms with E-state index in [4.69, 9.17) is 5.73 Å². The first-order valence-corrected chi connectivity index (χ1v) is 5.93. The number of nitro benzene ring substituents is 1. The van der Waals surface area contributed by atoms with Crippen molar-refractivity contribution in [1.82, 2.24) is 0 Å². The molecule has 2 N–H and O–H groups in total. The van der Waals surface area contributed by atoms with Gasteiger partial charge in [0.05, 0.1) is 11.0 Å². The summed E-state index contributed by atoms with van der Waals surface area (Å²) in [5, 5.41) is 10.7. The topological polar surface area (TPSA) is 72.4 Å². The van der Waals surface area contributed by atoms with Crippen molar-refractivity contribution in [2.75, 3.05) is 18.0 Å². The standard InChI is InChI=1S/C12H16FN3O2/c1-8-7-15(3-2-12(8)14)10-4-9(13)5-11(6-10)16(17)18/h4-6,8,12H,2-3,7,14H2,1H3. The molecule has 1 fully saturated rings. The maximum Gasteiger partial charge on any atom is 0.274 e. The molecular weight excluding hydrogens is 237 g/mol. The lowest BCUT2D eigenvalue weighted by atomic mass is 9.94. The van der Waals surface area contributed by atoms with Gasteiger partial charge in [0.25, 0.3) is 5.69 Å². The van der Waals surface area contributed by atoms with Crippen LogP contribution in [0, 0.1) is 21.8 Å². The van der Waals surface area contributed by atoms with E-state index >= 15 is 0 Å². The first-order chi connectivity index (χ1) is 8.47. The molecule has 1 aromatic rings. The Bertz CT molecular complexity index is 467. The number of nitrogens with zero attached hydrogens (tertiary/aromatic N) is 2. The van der Waals surface area contributed by atoms with Crippen LogP contribution < -0.4 is 10.6 Å². The summed E-state index contributed by atoms with van der Waals surface area (Å²) in [5.74, 6) is -0.289. The number of non-ortho nitro benzene ring substituents is 1. The average Bonchev–Trinajstić information content (AvgIpc) is 2.31. The molecule has 1 aliphatic rings. The monoisotopic (exact) mass is 253 g/mol. The van der Waals surface area contributed by atoms with Crippen LogP contribution in [-0.4, -0.2) is 24.1 Å². The number of hydrogen-bond acceptors (Lipinski definition) is 4. The molecule has 2 rings (SSSR count).